The molecule has 0 aliphatic carbocycles. The molecule has 1 N–H and O–H groups in total. The zero-order valence-electron chi connectivity index (χ0n) is 4.31. The molecule has 1 rings (SSSR count). The number of hydrogen-bond donors (Lipinski definition) is 1. The van der Waals surface area contributed by atoms with E-state index in [-0.39, 0.29) is 6.29 Å². The topological polar surface area (TPSA) is 30.5 Å². The lowest BCUT2D eigenvalue weighted by Crippen LogP contribution is -2.14. The summed E-state index contributed by atoms with van der Waals surface area (Å²) in [5, 5.41) is 2.98. The molecule has 1 aliphatic rings. The number of hydrogen-bond acceptors (Lipinski definition) is 3. The maximum absolute atomic E-state index is 4.97. The van der Waals surface area contributed by atoms with Crippen molar-refractivity contribution in [3.8, 4) is 0 Å². The van der Waals surface area contributed by atoms with Gasteiger partial charge in [0.25, 0.3) is 0 Å². The van der Waals surface area contributed by atoms with Gasteiger partial charge in [-0.1, -0.05) is 0 Å². The number of methoxy groups -OCH3 is 1. The molecular weight excluding hydrogens is 94.0 g/mol. The second-order valence-corrected chi connectivity index (χ2v) is 1.43. The molecule has 0 radical (unpaired) electrons. The minimum atomic E-state index is -0.0139. The normalized spacial score (nSPS) is 31.3. The van der Waals surface area contributed by atoms with E-state index in [0.29, 0.717) is 6.73 Å². The Morgan fingerprint density at radius 2 is 2.71 bits per heavy atom. The summed E-state index contributed by atoms with van der Waals surface area (Å²) in [6, 6.07) is 0. The molecule has 7 heavy (non-hydrogen) atoms. The van der Waals surface area contributed by atoms with Crippen molar-refractivity contribution in [3.63, 3.8) is 0 Å². The Balaban J connectivity index is 2.14. The van der Waals surface area contributed by atoms with E-state index in [9.17, 15) is 0 Å². The highest BCUT2D eigenvalue weighted by Crippen LogP contribution is 1.94. The van der Waals surface area contributed by atoms with Crippen LogP contribution in [0.1, 0.15) is 0 Å². The van der Waals surface area contributed by atoms with Gasteiger partial charge >= 0.3 is 0 Å². The van der Waals surface area contributed by atoms with Gasteiger partial charge in [-0.2, -0.15) is 0 Å². The van der Waals surface area contributed by atoms with Gasteiger partial charge in [0.05, 0.1) is 6.73 Å². The predicted octanol–water partition coefficient (Wildman–Crippen LogP) is -0.464. The van der Waals surface area contributed by atoms with E-state index < -0.39 is 0 Å². The molecule has 0 spiro atoms. The Morgan fingerprint density at radius 3 is 3.00 bits per heavy atom. The molecule has 42 valence electrons. The van der Waals surface area contributed by atoms with Crippen molar-refractivity contribution in [3.05, 3.63) is 0 Å². The molecule has 1 fully saturated rings. The van der Waals surface area contributed by atoms with E-state index in [1.807, 2.05) is 0 Å². The van der Waals surface area contributed by atoms with E-state index in [4.69, 9.17) is 9.47 Å². The van der Waals surface area contributed by atoms with Crippen LogP contribution in [0.3, 0.4) is 0 Å². The SMILES string of the molecule is COC1CNCO1. The summed E-state index contributed by atoms with van der Waals surface area (Å²) in [5.41, 5.74) is 0. The van der Waals surface area contributed by atoms with E-state index >= 15 is 0 Å². The maximum Gasteiger partial charge on any atom is 0.171 e. The van der Waals surface area contributed by atoms with Crippen LogP contribution in [-0.4, -0.2) is 26.7 Å². The van der Waals surface area contributed by atoms with Gasteiger partial charge in [0.2, 0.25) is 0 Å². The summed E-state index contributed by atoms with van der Waals surface area (Å²) >= 11 is 0. The van der Waals surface area contributed by atoms with Gasteiger partial charge in [0, 0.05) is 13.7 Å². The molecule has 1 saturated heterocycles. The maximum atomic E-state index is 4.97. The van der Waals surface area contributed by atoms with Crippen molar-refractivity contribution in [1.82, 2.24) is 5.32 Å². The van der Waals surface area contributed by atoms with Crippen LogP contribution >= 0.6 is 0 Å². The Bertz CT molecular complexity index is 51.7. The average molecular weight is 103 g/mol. The van der Waals surface area contributed by atoms with Gasteiger partial charge in [0.15, 0.2) is 6.29 Å². The van der Waals surface area contributed by atoms with Gasteiger partial charge in [0.1, 0.15) is 0 Å². The first-order valence-corrected chi connectivity index (χ1v) is 2.28. The number of rotatable bonds is 1. The first-order chi connectivity index (χ1) is 3.43. The zero-order valence-corrected chi connectivity index (χ0v) is 4.31. The van der Waals surface area contributed by atoms with Crippen molar-refractivity contribution >= 4 is 0 Å². The monoisotopic (exact) mass is 103 g/mol. The lowest BCUT2D eigenvalue weighted by Gasteiger charge is -2.01. The highest BCUT2D eigenvalue weighted by atomic mass is 16.7. The fourth-order valence-electron chi connectivity index (χ4n) is 0.539. The molecule has 3 heteroatoms. The Morgan fingerprint density at radius 1 is 1.86 bits per heavy atom. The van der Waals surface area contributed by atoms with Crippen LogP contribution in [0.2, 0.25) is 0 Å². The Kier molecular flexibility index (Phi) is 1.62. The van der Waals surface area contributed by atoms with E-state index in [0.717, 1.165) is 6.54 Å². The zero-order chi connectivity index (χ0) is 5.11. The highest BCUT2D eigenvalue weighted by molar-refractivity contribution is 4.52. The minimum Gasteiger partial charge on any atom is -0.354 e. The molecule has 3 nitrogen and oxygen atoms in total. The fourth-order valence-corrected chi connectivity index (χ4v) is 0.539. The van der Waals surface area contributed by atoms with Crippen molar-refractivity contribution in [2.75, 3.05) is 20.4 Å². The minimum absolute atomic E-state index is 0.0139. The van der Waals surface area contributed by atoms with Gasteiger partial charge in [-0.25, -0.2) is 0 Å². The number of nitrogens with one attached hydrogen (secondary N) is 1. The van der Waals surface area contributed by atoms with Crippen LogP contribution in [0.25, 0.3) is 0 Å². The van der Waals surface area contributed by atoms with Crippen LogP contribution in [0.15, 0.2) is 0 Å². The van der Waals surface area contributed by atoms with E-state index in [1.54, 1.807) is 7.11 Å². The van der Waals surface area contributed by atoms with Gasteiger partial charge in [-0.15, -0.1) is 0 Å². The summed E-state index contributed by atoms with van der Waals surface area (Å²) in [6.07, 6.45) is -0.0139. The third-order valence-corrected chi connectivity index (χ3v) is 0.945. The smallest absolute Gasteiger partial charge is 0.171 e. The number of ether oxygens (including phenoxy) is 2. The van der Waals surface area contributed by atoms with Crippen molar-refractivity contribution in [1.29, 1.82) is 0 Å². The second kappa shape index (κ2) is 2.26. The largest absolute Gasteiger partial charge is 0.354 e. The molecule has 1 unspecified atom stereocenters. The molecule has 0 aromatic carbocycles. The first-order valence-electron chi connectivity index (χ1n) is 2.28. The Labute approximate surface area is 42.6 Å². The summed E-state index contributed by atoms with van der Waals surface area (Å²) in [6.45, 7) is 1.44. The Hall–Kier alpha value is -0.120. The van der Waals surface area contributed by atoms with Crippen LogP contribution in [0.5, 0.6) is 0 Å². The highest BCUT2D eigenvalue weighted by Gasteiger charge is 2.11. The van der Waals surface area contributed by atoms with Crippen molar-refractivity contribution in [2.45, 2.75) is 6.29 Å². The average Bonchev–Trinajstić information content (AvgIpc) is 2.14. The quantitative estimate of drug-likeness (QED) is 0.487. The van der Waals surface area contributed by atoms with Crippen molar-refractivity contribution in [2.24, 2.45) is 0 Å². The first kappa shape index (κ1) is 5.03. The summed E-state index contributed by atoms with van der Waals surface area (Å²) in [4.78, 5) is 0. The van der Waals surface area contributed by atoms with E-state index in [1.165, 1.54) is 0 Å². The van der Waals surface area contributed by atoms with Crippen LogP contribution < -0.4 is 5.32 Å². The molecule has 0 aromatic rings. The molecule has 1 heterocycles. The molecule has 0 amide bonds. The summed E-state index contributed by atoms with van der Waals surface area (Å²) in [5.74, 6) is 0. The molecule has 1 atom stereocenters. The molecular formula is C4H9NO2. The lowest BCUT2D eigenvalue weighted by molar-refractivity contribution is -0.0812. The molecule has 1 aliphatic heterocycles. The lowest BCUT2D eigenvalue weighted by atomic mass is 10.7. The summed E-state index contributed by atoms with van der Waals surface area (Å²) in [7, 11) is 1.64. The van der Waals surface area contributed by atoms with E-state index in [2.05, 4.69) is 5.32 Å². The molecule has 0 aromatic heterocycles. The standard InChI is InChI=1S/C4H9NO2/c1-6-4-2-5-3-7-4/h4-5H,2-3H2,1H3. The van der Waals surface area contributed by atoms with Gasteiger partial charge in [-0.3, -0.25) is 5.32 Å². The fraction of sp³-hybridized carbons (Fsp3) is 1.00. The second-order valence-electron chi connectivity index (χ2n) is 1.43. The third kappa shape index (κ3) is 1.12. The third-order valence-electron chi connectivity index (χ3n) is 0.945. The van der Waals surface area contributed by atoms with Crippen LogP contribution in [-0.2, 0) is 9.47 Å². The van der Waals surface area contributed by atoms with Crippen LogP contribution in [0.4, 0.5) is 0 Å². The predicted molar refractivity (Wildman–Crippen MR) is 24.8 cm³/mol. The molecule has 0 saturated carbocycles. The summed E-state index contributed by atoms with van der Waals surface area (Å²) < 4.78 is 9.80. The van der Waals surface area contributed by atoms with Gasteiger partial charge in [-0.05, 0) is 0 Å². The van der Waals surface area contributed by atoms with Gasteiger partial charge < -0.3 is 9.47 Å². The van der Waals surface area contributed by atoms with Crippen molar-refractivity contribution < 1.29 is 9.47 Å². The molecule has 0 bridgehead atoms. The van der Waals surface area contributed by atoms with Crippen LogP contribution in [0, 0.1) is 0 Å².